The molecule has 0 radical (unpaired) electrons. The Hall–Kier alpha value is -4.62. The highest BCUT2D eigenvalue weighted by atomic mass is 19.4. The van der Waals surface area contributed by atoms with E-state index in [0.29, 0.717) is 23.2 Å². The van der Waals surface area contributed by atoms with Gasteiger partial charge in [-0.2, -0.15) is 13.2 Å². The fourth-order valence-corrected chi connectivity index (χ4v) is 4.67. The summed E-state index contributed by atoms with van der Waals surface area (Å²) >= 11 is 0. The fraction of sp³-hybridized carbons (Fsp3) is 0.276. The van der Waals surface area contributed by atoms with Crippen molar-refractivity contribution in [1.82, 2.24) is 15.6 Å². The molecule has 5 rings (SSSR count). The molecule has 218 valence electrons. The number of aromatic nitrogens is 1. The maximum absolute atomic E-state index is 13.4. The number of hydrogen-bond acceptors (Lipinski definition) is 8. The SMILES string of the molecule is N=C(NC1N=C(c2ccccc2)c2ccccc2NC1=O)OC(=N)c1ncc(C(F)(F)F)cc1COCC1CCCN1. The van der Waals surface area contributed by atoms with Crippen LogP contribution in [0.25, 0.3) is 0 Å². The molecule has 2 atom stereocenters. The number of amides is 1. The average Bonchev–Trinajstić information content (AvgIpc) is 3.44. The summed E-state index contributed by atoms with van der Waals surface area (Å²) in [5.74, 6) is -1.26. The molecule has 2 unspecified atom stereocenters. The zero-order valence-corrected chi connectivity index (χ0v) is 22.3. The van der Waals surface area contributed by atoms with E-state index in [1.165, 1.54) is 0 Å². The first-order chi connectivity index (χ1) is 20.2. The molecular formula is C29H28F3N7O3. The number of para-hydroxylation sites is 1. The molecular weight excluding hydrogens is 551 g/mol. The Bertz CT molecular complexity index is 1510. The fourth-order valence-electron chi connectivity index (χ4n) is 4.67. The summed E-state index contributed by atoms with van der Waals surface area (Å²) in [7, 11) is 0. The van der Waals surface area contributed by atoms with Crippen molar-refractivity contribution in [2.24, 2.45) is 4.99 Å². The number of alkyl halides is 3. The van der Waals surface area contributed by atoms with Crippen molar-refractivity contribution >= 4 is 29.2 Å². The second-order valence-electron chi connectivity index (χ2n) is 9.72. The Labute approximate surface area is 239 Å². The van der Waals surface area contributed by atoms with Gasteiger partial charge >= 0.3 is 6.18 Å². The first kappa shape index (κ1) is 28.9. The predicted octanol–water partition coefficient (Wildman–Crippen LogP) is 4.05. The van der Waals surface area contributed by atoms with Gasteiger partial charge in [0, 0.05) is 28.9 Å². The number of carbonyl (C=O) groups is 1. The van der Waals surface area contributed by atoms with Gasteiger partial charge in [0.2, 0.25) is 12.1 Å². The highest BCUT2D eigenvalue weighted by Crippen LogP contribution is 2.30. The molecule has 1 amide bonds. The number of pyridine rings is 1. The first-order valence-corrected chi connectivity index (χ1v) is 13.2. The molecule has 0 aliphatic carbocycles. The molecule has 0 saturated carbocycles. The Kier molecular flexibility index (Phi) is 8.59. The van der Waals surface area contributed by atoms with Crippen LogP contribution in [0.15, 0.2) is 71.9 Å². The van der Waals surface area contributed by atoms with Crippen LogP contribution in [0.5, 0.6) is 0 Å². The minimum atomic E-state index is -4.65. The molecule has 1 aromatic heterocycles. The van der Waals surface area contributed by atoms with Crippen molar-refractivity contribution in [3.63, 3.8) is 0 Å². The summed E-state index contributed by atoms with van der Waals surface area (Å²) in [6, 6.07) is 16.5. The molecule has 42 heavy (non-hydrogen) atoms. The van der Waals surface area contributed by atoms with Crippen LogP contribution >= 0.6 is 0 Å². The Morgan fingerprint density at radius 3 is 2.60 bits per heavy atom. The monoisotopic (exact) mass is 579 g/mol. The van der Waals surface area contributed by atoms with E-state index in [-0.39, 0.29) is 30.5 Å². The molecule has 10 nitrogen and oxygen atoms in total. The summed E-state index contributed by atoms with van der Waals surface area (Å²) in [6.07, 6.45) is -3.48. The molecule has 2 aliphatic rings. The smallest absolute Gasteiger partial charge is 0.405 e. The number of nitrogens with zero attached hydrogens (tertiary/aromatic N) is 2. The van der Waals surface area contributed by atoms with E-state index in [1.54, 1.807) is 12.1 Å². The molecule has 2 aromatic carbocycles. The first-order valence-electron chi connectivity index (χ1n) is 13.2. The van der Waals surface area contributed by atoms with Gasteiger partial charge in [-0.3, -0.25) is 20.6 Å². The van der Waals surface area contributed by atoms with Crippen molar-refractivity contribution in [3.8, 4) is 0 Å². The molecule has 3 heterocycles. The third kappa shape index (κ3) is 6.81. The van der Waals surface area contributed by atoms with E-state index >= 15 is 0 Å². The van der Waals surface area contributed by atoms with Crippen molar-refractivity contribution in [2.75, 3.05) is 18.5 Å². The highest BCUT2D eigenvalue weighted by molar-refractivity contribution is 6.19. The molecule has 5 N–H and O–H groups in total. The number of amidine groups is 1. The van der Waals surface area contributed by atoms with Gasteiger partial charge in [0.25, 0.3) is 11.9 Å². The van der Waals surface area contributed by atoms with Crippen LogP contribution in [-0.2, 0) is 27.1 Å². The number of nitrogens with one attached hydrogen (secondary N) is 5. The van der Waals surface area contributed by atoms with Gasteiger partial charge in [0.05, 0.1) is 30.2 Å². The lowest BCUT2D eigenvalue weighted by molar-refractivity contribution is -0.138. The lowest BCUT2D eigenvalue weighted by Crippen LogP contribution is -2.43. The Morgan fingerprint density at radius 1 is 1.10 bits per heavy atom. The lowest BCUT2D eigenvalue weighted by Gasteiger charge is -2.17. The summed E-state index contributed by atoms with van der Waals surface area (Å²) in [6.45, 7) is 0.882. The van der Waals surface area contributed by atoms with E-state index in [1.807, 2.05) is 42.5 Å². The summed E-state index contributed by atoms with van der Waals surface area (Å²) in [5.41, 5.74) is 1.19. The van der Waals surface area contributed by atoms with Crippen LogP contribution in [0.1, 0.15) is 40.8 Å². The van der Waals surface area contributed by atoms with Crippen LogP contribution in [0.3, 0.4) is 0 Å². The van der Waals surface area contributed by atoms with Crippen molar-refractivity contribution in [2.45, 2.75) is 37.8 Å². The van der Waals surface area contributed by atoms with Gasteiger partial charge in [-0.05, 0) is 31.5 Å². The predicted molar refractivity (Wildman–Crippen MR) is 150 cm³/mol. The standard InChI is InChI=1S/C29H28F3N7O3/c30-29(31,32)19-13-18(15-41-16-20-9-6-12-35-20)24(36-14-19)25(33)42-28(34)39-26-27(40)37-22-11-5-4-10-21(22)23(38-26)17-7-2-1-3-8-17/h1-5,7-8,10-11,13-14,20,26,33,35H,6,9,12,15-16H2,(H2,34,39)(H,37,40). The number of halogens is 3. The Balaban J connectivity index is 1.33. The van der Waals surface area contributed by atoms with Gasteiger partial charge in [0.1, 0.15) is 5.69 Å². The quantitative estimate of drug-likeness (QED) is 0.211. The van der Waals surface area contributed by atoms with E-state index in [4.69, 9.17) is 20.3 Å². The van der Waals surface area contributed by atoms with Crippen molar-refractivity contribution in [3.05, 3.63) is 94.8 Å². The van der Waals surface area contributed by atoms with Crippen LogP contribution in [-0.4, -0.2) is 53.9 Å². The van der Waals surface area contributed by atoms with E-state index < -0.39 is 35.7 Å². The third-order valence-electron chi connectivity index (χ3n) is 6.71. The summed E-state index contributed by atoms with van der Waals surface area (Å²) in [5, 5.41) is 25.2. The van der Waals surface area contributed by atoms with Crippen LogP contribution < -0.4 is 16.0 Å². The van der Waals surface area contributed by atoms with Gasteiger partial charge in [0.15, 0.2) is 0 Å². The van der Waals surface area contributed by atoms with E-state index in [9.17, 15) is 18.0 Å². The summed E-state index contributed by atoms with van der Waals surface area (Å²) in [4.78, 5) is 21.4. The molecule has 1 fully saturated rings. The van der Waals surface area contributed by atoms with Crippen LogP contribution in [0, 0.1) is 10.8 Å². The molecule has 1 saturated heterocycles. The lowest BCUT2D eigenvalue weighted by atomic mass is 10.0. The molecule has 3 aromatic rings. The van der Waals surface area contributed by atoms with Gasteiger partial charge in [-0.25, -0.2) is 4.99 Å². The zero-order valence-electron chi connectivity index (χ0n) is 22.3. The number of fused-ring (bicyclic) bond motifs is 1. The molecule has 13 heteroatoms. The number of hydrogen-bond donors (Lipinski definition) is 5. The van der Waals surface area contributed by atoms with Gasteiger partial charge in [-0.1, -0.05) is 48.5 Å². The minimum absolute atomic E-state index is 0.0207. The maximum Gasteiger partial charge on any atom is 0.417 e. The normalized spacial score (nSPS) is 18.4. The van der Waals surface area contributed by atoms with Crippen LogP contribution in [0.2, 0.25) is 0 Å². The topological polar surface area (TPSA) is 145 Å². The van der Waals surface area contributed by atoms with Crippen molar-refractivity contribution in [1.29, 1.82) is 10.8 Å². The highest BCUT2D eigenvalue weighted by Gasteiger charge is 2.33. The van der Waals surface area contributed by atoms with E-state index in [2.05, 4.69) is 25.9 Å². The number of benzodiazepines with no additional fused rings is 1. The van der Waals surface area contributed by atoms with E-state index in [0.717, 1.165) is 31.0 Å². The van der Waals surface area contributed by atoms with Crippen molar-refractivity contribution < 1.29 is 27.4 Å². The van der Waals surface area contributed by atoms with Gasteiger partial charge < -0.3 is 25.4 Å². The van der Waals surface area contributed by atoms with Crippen LogP contribution in [0.4, 0.5) is 18.9 Å². The molecule has 0 spiro atoms. The second kappa shape index (κ2) is 12.5. The van der Waals surface area contributed by atoms with Gasteiger partial charge in [-0.15, -0.1) is 0 Å². The summed E-state index contributed by atoms with van der Waals surface area (Å²) < 4.78 is 51.1. The Morgan fingerprint density at radius 2 is 1.86 bits per heavy atom. The number of anilines is 1. The zero-order chi connectivity index (χ0) is 29.7. The molecule has 2 aliphatic heterocycles. The number of ether oxygens (including phenoxy) is 2. The number of benzene rings is 2. The number of carbonyl (C=O) groups excluding carboxylic acids is 1. The number of rotatable bonds is 7. The maximum atomic E-state index is 13.4. The molecule has 0 bridgehead atoms. The minimum Gasteiger partial charge on any atom is -0.405 e. The largest absolute Gasteiger partial charge is 0.417 e. The second-order valence-corrected chi connectivity index (χ2v) is 9.72. The average molecular weight is 580 g/mol. The number of aliphatic imine (C=N–C) groups is 1. The third-order valence-corrected chi connectivity index (χ3v) is 6.71.